The van der Waals surface area contributed by atoms with Crippen molar-refractivity contribution in [1.82, 2.24) is 4.90 Å². The van der Waals surface area contributed by atoms with E-state index in [2.05, 4.69) is 0 Å². The summed E-state index contributed by atoms with van der Waals surface area (Å²) in [5, 5.41) is 9.24. The number of carboxylic acids is 1. The van der Waals surface area contributed by atoms with Crippen molar-refractivity contribution in [3.05, 3.63) is 27.6 Å². The molecule has 9 heteroatoms. The van der Waals surface area contributed by atoms with Gasteiger partial charge >= 0.3 is 5.97 Å². The number of aliphatic carboxylic acids is 1. The van der Waals surface area contributed by atoms with Crippen LogP contribution < -0.4 is 9.47 Å². The molecule has 1 fully saturated rings. The van der Waals surface area contributed by atoms with Crippen molar-refractivity contribution in [3.63, 3.8) is 0 Å². The van der Waals surface area contributed by atoms with E-state index in [-0.39, 0.29) is 10.4 Å². The largest absolute Gasteiger partial charge is 0.493 e. The minimum Gasteiger partial charge on any atom is -0.493 e. The number of nitrogens with zero attached hydrogens (tertiary/aromatic N) is 1. The molecule has 1 amide bonds. The number of halogens is 1. The van der Waals surface area contributed by atoms with Crippen LogP contribution in [-0.4, -0.2) is 46.0 Å². The molecule has 26 heavy (non-hydrogen) atoms. The van der Waals surface area contributed by atoms with Crippen LogP contribution in [0.2, 0.25) is 5.02 Å². The molecule has 1 saturated heterocycles. The second kappa shape index (κ2) is 8.75. The van der Waals surface area contributed by atoms with E-state index in [0.29, 0.717) is 27.0 Å². The average Bonchev–Trinajstić information content (AvgIpc) is 2.83. The van der Waals surface area contributed by atoms with Crippen molar-refractivity contribution in [2.45, 2.75) is 26.4 Å². The Balaban J connectivity index is 2.33. The van der Waals surface area contributed by atoms with Gasteiger partial charge in [0, 0.05) is 0 Å². The van der Waals surface area contributed by atoms with Gasteiger partial charge in [0.15, 0.2) is 11.5 Å². The molecule has 0 saturated carbocycles. The van der Waals surface area contributed by atoms with E-state index in [9.17, 15) is 9.59 Å². The predicted octanol–water partition coefficient (Wildman–Crippen LogP) is 3.81. The van der Waals surface area contributed by atoms with E-state index >= 15 is 0 Å². The van der Waals surface area contributed by atoms with Crippen molar-refractivity contribution in [2.75, 3.05) is 13.7 Å². The first kappa shape index (κ1) is 20.5. The normalized spacial score (nSPS) is 16.9. The fourth-order valence-electron chi connectivity index (χ4n) is 2.14. The van der Waals surface area contributed by atoms with Gasteiger partial charge in [-0.3, -0.25) is 14.5 Å². The van der Waals surface area contributed by atoms with E-state index in [4.69, 9.17) is 38.4 Å². The number of carbonyl (C=O) groups excluding carboxylic acids is 1. The lowest BCUT2D eigenvalue weighted by molar-refractivity contribution is -0.140. The molecule has 0 aliphatic carbocycles. The minimum absolute atomic E-state index is 0.0282. The van der Waals surface area contributed by atoms with Crippen LogP contribution in [-0.2, 0) is 9.59 Å². The van der Waals surface area contributed by atoms with E-state index in [0.717, 1.165) is 23.1 Å². The molecule has 1 atom stereocenters. The maximum Gasteiger partial charge on any atom is 0.323 e. The third-order valence-electron chi connectivity index (χ3n) is 3.61. The molecule has 0 bridgehead atoms. The molecule has 0 aromatic heterocycles. The van der Waals surface area contributed by atoms with Gasteiger partial charge in [-0.05, 0) is 37.1 Å². The van der Waals surface area contributed by atoms with Crippen molar-refractivity contribution in [2.24, 2.45) is 0 Å². The molecule has 1 aromatic rings. The van der Waals surface area contributed by atoms with Crippen molar-refractivity contribution in [1.29, 1.82) is 0 Å². The predicted molar refractivity (Wildman–Crippen MR) is 106 cm³/mol. The van der Waals surface area contributed by atoms with E-state index in [1.54, 1.807) is 18.2 Å². The number of benzene rings is 1. The number of hydrogen-bond acceptors (Lipinski definition) is 6. The SMILES string of the molecule is CCC(C)Oc1c(Cl)cc(C=C2SC(=S)N(CC(=O)O)C2=O)cc1OC. The van der Waals surface area contributed by atoms with Crippen LogP contribution in [0.3, 0.4) is 0 Å². The lowest BCUT2D eigenvalue weighted by atomic mass is 10.1. The Morgan fingerprint density at radius 1 is 1.50 bits per heavy atom. The van der Waals surface area contributed by atoms with E-state index in [1.165, 1.54) is 7.11 Å². The van der Waals surface area contributed by atoms with Crippen LogP contribution >= 0.6 is 35.6 Å². The molecule has 0 radical (unpaired) electrons. The van der Waals surface area contributed by atoms with Gasteiger partial charge in [-0.15, -0.1) is 0 Å². The Morgan fingerprint density at radius 3 is 2.77 bits per heavy atom. The molecule has 1 aromatic carbocycles. The van der Waals surface area contributed by atoms with Gasteiger partial charge in [0.1, 0.15) is 10.9 Å². The average molecular weight is 416 g/mol. The van der Waals surface area contributed by atoms with Crippen molar-refractivity contribution < 1.29 is 24.2 Å². The standard InChI is InChI=1S/C17H18ClNO5S2/c1-4-9(2)24-15-11(18)5-10(6-12(15)23-3)7-13-16(22)19(8-14(20)21)17(25)26-13/h5-7,9H,4,8H2,1-3H3,(H,20,21). The number of hydrogen-bond donors (Lipinski definition) is 1. The Labute approximate surface area is 166 Å². The summed E-state index contributed by atoms with van der Waals surface area (Å²) in [5.74, 6) is -0.680. The molecule has 0 spiro atoms. The topological polar surface area (TPSA) is 76.1 Å². The summed E-state index contributed by atoms with van der Waals surface area (Å²) in [6.07, 6.45) is 2.38. The molecule has 140 valence electrons. The number of thiocarbonyl (C=S) groups is 1. The highest BCUT2D eigenvalue weighted by atomic mass is 35.5. The first-order chi connectivity index (χ1) is 12.3. The highest BCUT2D eigenvalue weighted by Crippen LogP contribution is 2.39. The van der Waals surface area contributed by atoms with Gasteiger partial charge in [-0.25, -0.2) is 0 Å². The molecule has 2 rings (SSSR count). The van der Waals surface area contributed by atoms with Gasteiger partial charge < -0.3 is 14.6 Å². The number of carboxylic acid groups (broad SMARTS) is 1. The highest BCUT2D eigenvalue weighted by molar-refractivity contribution is 8.26. The van der Waals surface area contributed by atoms with Crippen LogP contribution in [0, 0.1) is 0 Å². The molecule has 6 nitrogen and oxygen atoms in total. The fourth-order valence-corrected chi connectivity index (χ4v) is 3.66. The molecule has 1 N–H and O–H groups in total. The lowest BCUT2D eigenvalue weighted by Gasteiger charge is -2.17. The second-order valence-corrected chi connectivity index (χ2v) is 7.62. The quantitative estimate of drug-likeness (QED) is 0.536. The lowest BCUT2D eigenvalue weighted by Crippen LogP contribution is -2.33. The summed E-state index contributed by atoms with van der Waals surface area (Å²) in [7, 11) is 1.51. The molecule has 1 aliphatic rings. The Bertz CT molecular complexity index is 781. The number of ether oxygens (including phenoxy) is 2. The van der Waals surface area contributed by atoms with Crippen LogP contribution in [0.1, 0.15) is 25.8 Å². The zero-order valence-corrected chi connectivity index (χ0v) is 16.8. The van der Waals surface area contributed by atoms with Crippen molar-refractivity contribution in [3.8, 4) is 11.5 Å². The summed E-state index contributed by atoms with van der Waals surface area (Å²) in [6.45, 7) is 3.46. The number of thioether (sulfide) groups is 1. The molecule has 1 heterocycles. The highest BCUT2D eigenvalue weighted by Gasteiger charge is 2.33. The number of carbonyl (C=O) groups is 2. The Kier molecular flexibility index (Phi) is 6.91. The summed E-state index contributed by atoms with van der Waals surface area (Å²) >= 11 is 12.4. The van der Waals surface area contributed by atoms with Gasteiger partial charge in [-0.1, -0.05) is 42.5 Å². The number of amides is 1. The third-order valence-corrected chi connectivity index (χ3v) is 5.27. The van der Waals surface area contributed by atoms with Gasteiger partial charge in [0.2, 0.25) is 0 Å². The van der Waals surface area contributed by atoms with Gasteiger partial charge in [-0.2, -0.15) is 0 Å². The number of methoxy groups -OCH3 is 1. The van der Waals surface area contributed by atoms with Crippen LogP contribution in [0.4, 0.5) is 0 Å². The van der Waals surface area contributed by atoms with Crippen LogP contribution in [0.5, 0.6) is 11.5 Å². The smallest absolute Gasteiger partial charge is 0.323 e. The Hall–Kier alpha value is -1.77. The second-order valence-electron chi connectivity index (χ2n) is 5.53. The summed E-state index contributed by atoms with van der Waals surface area (Å²) in [5.41, 5.74) is 0.624. The summed E-state index contributed by atoms with van der Waals surface area (Å²) in [4.78, 5) is 24.6. The molecular formula is C17H18ClNO5S2. The first-order valence-electron chi connectivity index (χ1n) is 7.78. The molecule has 1 unspecified atom stereocenters. The van der Waals surface area contributed by atoms with Crippen LogP contribution in [0.15, 0.2) is 17.0 Å². The molecular weight excluding hydrogens is 398 g/mol. The third kappa shape index (κ3) is 4.69. The van der Waals surface area contributed by atoms with E-state index in [1.807, 2.05) is 13.8 Å². The maximum absolute atomic E-state index is 12.3. The summed E-state index contributed by atoms with van der Waals surface area (Å²) in [6, 6.07) is 3.36. The summed E-state index contributed by atoms with van der Waals surface area (Å²) < 4.78 is 11.4. The fraction of sp³-hybridized carbons (Fsp3) is 0.353. The van der Waals surface area contributed by atoms with Gasteiger partial charge in [0.25, 0.3) is 5.91 Å². The zero-order chi connectivity index (χ0) is 19.4. The van der Waals surface area contributed by atoms with Crippen LogP contribution in [0.25, 0.3) is 6.08 Å². The first-order valence-corrected chi connectivity index (χ1v) is 9.38. The van der Waals surface area contributed by atoms with Gasteiger partial charge in [0.05, 0.1) is 23.1 Å². The van der Waals surface area contributed by atoms with E-state index < -0.39 is 18.4 Å². The maximum atomic E-state index is 12.3. The minimum atomic E-state index is -1.13. The Morgan fingerprint density at radius 2 is 2.19 bits per heavy atom. The molecule has 1 aliphatic heterocycles. The number of rotatable bonds is 7. The zero-order valence-electron chi connectivity index (χ0n) is 14.4. The monoisotopic (exact) mass is 415 g/mol. The van der Waals surface area contributed by atoms with Crippen molar-refractivity contribution >= 4 is 57.9 Å².